The van der Waals surface area contributed by atoms with Crippen molar-refractivity contribution in [3.63, 3.8) is 0 Å². The Kier molecular flexibility index (Phi) is 5.50. The number of hydrogen-bond acceptors (Lipinski definition) is 3. The van der Waals surface area contributed by atoms with E-state index in [2.05, 4.69) is 10.3 Å². The predicted octanol–water partition coefficient (Wildman–Crippen LogP) is 2.52. The zero-order chi connectivity index (χ0) is 14.2. The number of rotatable bonds is 7. The number of aromatic nitrogens is 1. The second-order valence-electron chi connectivity index (χ2n) is 4.77. The molecule has 106 valence electrons. The molecule has 0 unspecified atom stereocenters. The molecule has 1 amide bonds. The van der Waals surface area contributed by atoms with E-state index in [0.29, 0.717) is 12.2 Å². The van der Waals surface area contributed by atoms with Crippen LogP contribution < -0.4 is 5.32 Å². The minimum atomic E-state index is -0.121. The number of hydrogen-bond donors (Lipinski definition) is 2. The van der Waals surface area contributed by atoms with Gasteiger partial charge in [0.1, 0.15) is 5.69 Å². The van der Waals surface area contributed by atoms with Crippen LogP contribution >= 0.6 is 0 Å². The summed E-state index contributed by atoms with van der Waals surface area (Å²) in [4.78, 5) is 16.3. The molecule has 4 nitrogen and oxygen atoms in total. The summed E-state index contributed by atoms with van der Waals surface area (Å²) in [5.74, 6) is -0.121. The first kappa shape index (κ1) is 14.5. The molecule has 4 heteroatoms. The highest BCUT2D eigenvalue weighted by atomic mass is 16.2. The summed E-state index contributed by atoms with van der Waals surface area (Å²) in [6, 6.07) is 9.66. The Morgan fingerprint density at radius 3 is 2.75 bits per heavy atom. The zero-order valence-electron chi connectivity index (χ0n) is 11.5. The summed E-state index contributed by atoms with van der Waals surface area (Å²) in [6.45, 7) is 0.890. The van der Waals surface area contributed by atoms with E-state index in [1.54, 1.807) is 6.20 Å². The molecule has 0 aliphatic rings. The number of aliphatic hydroxyl groups excluding tert-OH is 1. The molecule has 1 heterocycles. The van der Waals surface area contributed by atoms with Crippen molar-refractivity contribution in [1.29, 1.82) is 0 Å². The van der Waals surface area contributed by atoms with Crippen LogP contribution in [0.3, 0.4) is 0 Å². The molecule has 0 atom stereocenters. The van der Waals surface area contributed by atoms with Crippen molar-refractivity contribution in [1.82, 2.24) is 10.3 Å². The highest BCUT2D eigenvalue weighted by molar-refractivity contribution is 6.05. The summed E-state index contributed by atoms with van der Waals surface area (Å²) >= 11 is 0. The van der Waals surface area contributed by atoms with Gasteiger partial charge in [-0.1, -0.05) is 37.1 Å². The highest BCUT2D eigenvalue weighted by Gasteiger charge is 2.10. The summed E-state index contributed by atoms with van der Waals surface area (Å²) < 4.78 is 0. The van der Waals surface area contributed by atoms with Gasteiger partial charge >= 0.3 is 0 Å². The number of nitrogens with zero attached hydrogens (tertiary/aromatic N) is 1. The van der Waals surface area contributed by atoms with Gasteiger partial charge in [-0.3, -0.25) is 9.78 Å². The first-order chi connectivity index (χ1) is 9.83. The van der Waals surface area contributed by atoms with Gasteiger partial charge in [-0.25, -0.2) is 0 Å². The third kappa shape index (κ3) is 3.78. The Morgan fingerprint density at radius 1 is 1.10 bits per heavy atom. The Balaban J connectivity index is 1.91. The van der Waals surface area contributed by atoms with Gasteiger partial charge < -0.3 is 10.4 Å². The fourth-order valence-electron chi connectivity index (χ4n) is 2.18. The van der Waals surface area contributed by atoms with E-state index in [4.69, 9.17) is 5.11 Å². The van der Waals surface area contributed by atoms with Crippen LogP contribution in [-0.4, -0.2) is 29.1 Å². The number of unbranched alkanes of at least 4 members (excludes halogenated alkanes) is 3. The monoisotopic (exact) mass is 272 g/mol. The Hall–Kier alpha value is -1.94. The van der Waals surface area contributed by atoms with E-state index in [1.807, 2.05) is 30.3 Å². The van der Waals surface area contributed by atoms with Crippen molar-refractivity contribution in [3.8, 4) is 0 Å². The molecule has 1 aromatic heterocycles. The molecule has 0 saturated heterocycles. The molecule has 0 saturated carbocycles. The van der Waals surface area contributed by atoms with Crippen LogP contribution in [0, 0.1) is 0 Å². The van der Waals surface area contributed by atoms with Gasteiger partial charge in [-0.05, 0) is 24.3 Å². The van der Waals surface area contributed by atoms with E-state index in [9.17, 15) is 4.79 Å². The van der Waals surface area contributed by atoms with Crippen molar-refractivity contribution in [2.45, 2.75) is 25.7 Å². The van der Waals surface area contributed by atoms with Crippen molar-refractivity contribution in [2.24, 2.45) is 0 Å². The van der Waals surface area contributed by atoms with E-state index in [0.717, 1.165) is 36.5 Å². The number of amides is 1. The van der Waals surface area contributed by atoms with Crippen LogP contribution in [0.25, 0.3) is 10.8 Å². The molecule has 0 fully saturated rings. The molecule has 0 aliphatic heterocycles. The fourth-order valence-corrected chi connectivity index (χ4v) is 2.18. The van der Waals surface area contributed by atoms with Crippen LogP contribution in [-0.2, 0) is 0 Å². The third-order valence-electron chi connectivity index (χ3n) is 3.26. The summed E-state index contributed by atoms with van der Waals surface area (Å²) in [5, 5.41) is 13.5. The molecule has 0 aliphatic carbocycles. The maximum absolute atomic E-state index is 12.1. The van der Waals surface area contributed by atoms with Crippen LogP contribution in [0.4, 0.5) is 0 Å². The smallest absolute Gasteiger partial charge is 0.270 e. The number of carbonyl (C=O) groups excluding carboxylic acids is 1. The van der Waals surface area contributed by atoms with E-state index in [-0.39, 0.29) is 12.5 Å². The first-order valence-corrected chi connectivity index (χ1v) is 7.06. The normalized spacial score (nSPS) is 10.7. The standard InChI is InChI=1S/C16H20N2O2/c19-12-6-2-1-5-10-18-16(20)15-14-8-4-3-7-13(14)9-11-17-15/h3-4,7-9,11,19H,1-2,5-6,10,12H2,(H,18,20). The fraction of sp³-hybridized carbons (Fsp3) is 0.375. The molecule has 2 N–H and O–H groups in total. The van der Waals surface area contributed by atoms with Gasteiger partial charge in [0, 0.05) is 24.7 Å². The third-order valence-corrected chi connectivity index (χ3v) is 3.26. The SMILES string of the molecule is O=C(NCCCCCCO)c1nccc2ccccc12. The average Bonchev–Trinajstić information content (AvgIpc) is 2.50. The molecule has 0 radical (unpaired) electrons. The second kappa shape index (κ2) is 7.60. The number of nitrogens with one attached hydrogen (secondary N) is 1. The number of carbonyl (C=O) groups is 1. The second-order valence-corrected chi connectivity index (χ2v) is 4.77. The lowest BCUT2D eigenvalue weighted by molar-refractivity contribution is 0.0949. The van der Waals surface area contributed by atoms with E-state index >= 15 is 0 Å². The average molecular weight is 272 g/mol. The van der Waals surface area contributed by atoms with Crippen molar-refractivity contribution < 1.29 is 9.90 Å². The maximum atomic E-state index is 12.1. The number of pyridine rings is 1. The summed E-state index contributed by atoms with van der Waals surface area (Å²) in [6.07, 6.45) is 5.44. The van der Waals surface area contributed by atoms with Crippen LogP contribution in [0.2, 0.25) is 0 Å². The lowest BCUT2D eigenvalue weighted by atomic mass is 10.1. The largest absolute Gasteiger partial charge is 0.396 e. The van der Waals surface area contributed by atoms with Crippen molar-refractivity contribution in [2.75, 3.05) is 13.2 Å². The van der Waals surface area contributed by atoms with Crippen LogP contribution in [0.5, 0.6) is 0 Å². The summed E-state index contributed by atoms with van der Waals surface area (Å²) in [5.41, 5.74) is 0.485. The van der Waals surface area contributed by atoms with Crippen LogP contribution in [0.15, 0.2) is 36.5 Å². The topological polar surface area (TPSA) is 62.2 Å². The molecule has 1 aromatic carbocycles. The Morgan fingerprint density at radius 2 is 1.90 bits per heavy atom. The lowest BCUT2D eigenvalue weighted by Gasteiger charge is -2.07. The highest BCUT2D eigenvalue weighted by Crippen LogP contribution is 2.16. The van der Waals surface area contributed by atoms with Crippen molar-refractivity contribution >= 4 is 16.7 Å². The van der Waals surface area contributed by atoms with Gasteiger partial charge in [0.25, 0.3) is 5.91 Å². The number of aliphatic hydroxyl groups is 1. The molecular formula is C16H20N2O2. The molecular weight excluding hydrogens is 252 g/mol. The van der Waals surface area contributed by atoms with Gasteiger partial charge in [0.15, 0.2) is 0 Å². The lowest BCUT2D eigenvalue weighted by Crippen LogP contribution is -2.25. The van der Waals surface area contributed by atoms with Crippen molar-refractivity contribution in [3.05, 3.63) is 42.2 Å². The maximum Gasteiger partial charge on any atom is 0.270 e. The molecule has 20 heavy (non-hydrogen) atoms. The summed E-state index contributed by atoms with van der Waals surface area (Å²) in [7, 11) is 0. The Bertz CT molecular complexity index is 564. The van der Waals surface area contributed by atoms with Gasteiger partial charge in [-0.2, -0.15) is 0 Å². The minimum Gasteiger partial charge on any atom is -0.396 e. The molecule has 2 aromatic rings. The first-order valence-electron chi connectivity index (χ1n) is 7.06. The number of benzene rings is 1. The number of fused-ring (bicyclic) bond motifs is 1. The van der Waals surface area contributed by atoms with Gasteiger partial charge in [0.05, 0.1) is 0 Å². The minimum absolute atomic E-state index is 0.121. The molecule has 0 spiro atoms. The van der Waals surface area contributed by atoms with Gasteiger partial charge in [-0.15, -0.1) is 0 Å². The predicted molar refractivity (Wildman–Crippen MR) is 79.6 cm³/mol. The van der Waals surface area contributed by atoms with Crippen LogP contribution in [0.1, 0.15) is 36.2 Å². The zero-order valence-corrected chi connectivity index (χ0v) is 11.5. The molecule has 2 rings (SSSR count). The molecule has 0 bridgehead atoms. The van der Waals surface area contributed by atoms with Gasteiger partial charge in [0.2, 0.25) is 0 Å². The van der Waals surface area contributed by atoms with E-state index < -0.39 is 0 Å². The van der Waals surface area contributed by atoms with E-state index in [1.165, 1.54) is 0 Å². The Labute approximate surface area is 118 Å². The quantitative estimate of drug-likeness (QED) is 0.761.